The lowest BCUT2D eigenvalue weighted by molar-refractivity contribution is -0.111. The molecule has 0 aliphatic heterocycles. The van der Waals surface area contributed by atoms with E-state index < -0.39 is 0 Å². The molecule has 0 fully saturated rings. The van der Waals surface area contributed by atoms with E-state index in [-0.39, 0.29) is 5.91 Å². The number of hydrogen-bond acceptors (Lipinski definition) is 3. The third-order valence-electron chi connectivity index (χ3n) is 3.65. The minimum Gasteiger partial charge on any atom is -0.298 e. The van der Waals surface area contributed by atoms with Crippen molar-refractivity contribution in [3.8, 4) is 11.3 Å². The van der Waals surface area contributed by atoms with Crippen LogP contribution >= 0.6 is 22.9 Å². The Morgan fingerprint density at radius 3 is 2.44 bits per heavy atom. The van der Waals surface area contributed by atoms with E-state index in [1.165, 1.54) is 23.0 Å². The molecule has 0 radical (unpaired) electrons. The third-order valence-corrected chi connectivity index (χ3v) is 4.79. The van der Waals surface area contributed by atoms with Crippen LogP contribution in [0.2, 0.25) is 5.02 Å². The van der Waals surface area contributed by atoms with E-state index in [2.05, 4.69) is 10.3 Å². The van der Waals surface area contributed by atoms with Crippen LogP contribution in [0.4, 0.5) is 5.13 Å². The van der Waals surface area contributed by atoms with E-state index in [9.17, 15) is 4.79 Å². The van der Waals surface area contributed by atoms with Gasteiger partial charge in [0.05, 0.1) is 5.69 Å². The highest BCUT2D eigenvalue weighted by Gasteiger charge is 2.11. The van der Waals surface area contributed by atoms with Crippen molar-refractivity contribution in [2.24, 2.45) is 0 Å². The van der Waals surface area contributed by atoms with Gasteiger partial charge in [0.25, 0.3) is 0 Å². The molecule has 3 rings (SSSR count). The summed E-state index contributed by atoms with van der Waals surface area (Å²) in [5.74, 6) is -0.197. The Balaban J connectivity index is 1.70. The van der Waals surface area contributed by atoms with Crippen LogP contribution in [-0.4, -0.2) is 10.9 Å². The standard InChI is InChI=1S/C20H17ClN2OS/c1-13-3-5-15(6-4-13)7-12-18(24)22-20-23-19(14(2)25-20)16-8-10-17(21)11-9-16/h3-12H,1-2H3,(H,22,23,24). The highest BCUT2D eigenvalue weighted by Crippen LogP contribution is 2.31. The summed E-state index contributed by atoms with van der Waals surface area (Å²) in [7, 11) is 0. The largest absolute Gasteiger partial charge is 0.298 e. The third kappa shape index (κ3) is 4.56. The molecule has 0 spiro atoms. The van der Waals surface area contributed by atoms with Gasteiger partial charge in [-0.05, 0) is 37.6 Å². The molecule has 0 bridgehead atoms. The molecule has 2 aromatic carbocycles. The zero-order valence-corrected chi connectivity index (χ0v) is 15.5. The highest BCUT2D eigenvalue weighted by molar-refractivity contribution is 7.16. The summed E-state index contributed by atoms with van der Waals surface area (Å²) < 4.78 is 0. The van der Waals surface area contributed by atoms with Crippen LogP contribution in [0.1, 0.15) is 16.0 Å². The van der Waals surface area contributed by atoms with Gasteiger partial charge in [0, 0.05) is 21.5 Å². The van der Waals surface area contributed by atoms with E-state index in [4.69, 9.17) is 11.6 Å². The number of amides is 1. The second kappa shape index (κ2) is 7.64. The number of aromatic nitrogens is 1. The summed E-state index contributed by atoms with van der Waals surface area (Å²) >= 11 is 7.38. The van der Waals surface area contributed by atoms with Crippen LogP contribution < -0.4 is 5.32 Å². The van der Waals surface area contributed by atoms with Gasteiger partial charge in [-0.25, -0.2) is 4.98 Å². The van der Waals surface area contributed by atoms with Crippen molar-refractivity contribution >= 4 is 40.1 Å². The van der Waals surface area contributed by atoms with Gasteiger partial charge in [-0.15, -0.1) is 11.3 Å². The van der Waals surface area contributed by atoms with Gasteiger partial charge in [0.15, 0.2) is 5.13 Å². The average Bonchev–Trinajstić information content (AvgIpc) is 2.95. The number of rotatable bonds is 4. The van der Waals surface area contributed by atoms with Gasteiger partial charge >= 0.3 is 0 Å². The number of carbonyl (C=O) groups excluding carboxylic acids is 1. The zero-order valence-electron chi connectivity index (χ0n) is 13.9. The molecule has 1 aromatic heterocycles. The molecule has 5 heteroatoms. The Labute approximate surface area is 156 Å². The predicted molar refractivity (Wildman–Crippen MR) is 106 cm³/mol. The van der Waals surface area contributed by atoms with E-state index in [0.29, 0.717) is 10.2 Å². The van der Waals surface area contributed by atoms with E-state index in [0.717, 1.165) is 21.7 Å². The highest BCUT2D eigenvalue weighted by atomic mass is 35.5. The first kappa shape index (κ1) is 17.4. The topological polar surface area (TPSA) is 42.0 Å². The monoisotopic (exact) mass is 368 g/mol. The molecule has 0 saturated carbocycles. The quantitative estimate of drug-likeness (QED) is 0.597. The number of hydrogen-bond donors (Lipinski definition) is 1. The second-order valence-corrected chi connectivity index (χ2v) is 7.30. The van der Waals surface area contributed by atoms with E-state index >= 15 is 0 Å². The summed E-state index contributed by atoms with van der Waals surface area (Å²) in [6.45, 7) is 4.02. The SMILES string of the molecule is Cc1ccc(C=CC(=O)Nc2nc(-c3ccc(Cl)cc3)c(C)s2)cc1. The molecule has 3 aromatic rings. The number of carbonyl (C=O) groups is 1. The van der Waals surface area contributed by atoms with E-state index in [1.54, 1.807) is 6.08 Å². The lowest BCUT2D eigenvalue weighted by atomic mass is 10.1. The number of nitrogens with zero attached hydrogens (tertiary/aromatic N) is 1. The van der Waals surface area contributed by atoms with Crippen LogP contribution in [-0.2, 0) is 4.79 Å². The maximum Gasteiger partial charge on any atom is 0.250 e. The van der Waals surface area contributed by atoms with Gasteiger partial charge in [0.2, 0.25) is 5.91 Å². The molecular weight excluding hydrogens is 352 g/mol. The maximum atomic E-state index is 12.1. The van der Waals surface area contributed by atoms with Crippen molar-refractivity contribution in [1.29, 1.82) is 0 Å². The molecule has 1 N–H and O–H groups in total. The number of anilines is 1. The molecule has 126 valence electrons. The second-order valence-electron chi connectivity index (χ2n) is 5.66. The first-order valence-corrected chi connectivity index (χ1v) is 9.00. The zero-order chi connectivity index (χ0) is 17.8. The first-order valence-electron chi connectivity index (χ1n) is 7.80. The van der Waals surface area contributed by atoms with Gasteiger partial charge in [-0.2, -0.15) is 0 Å². The van der Waals surface area contributed by atoms with E-state index in [1.807, 2.05) is 62.4 Å². The molecule has 1 heterocycles. The molecule has 0 aliphatic carbocycles. The lowest BCUT2D eigenvalue weighted by Gasteiger charge is -1.99. The molecule has 0 saturated heterocycles. The number of aryl methyl sites for hydroxylation is 2. The van der Waals surface area contributed by atoms with Crippen LogP contribution in [0.25, 0.3) is 17.3 Å². The van der Waals surface area contributed by atoms with Crippen LogP contribution in [0.5, 0.6) is 0 Å². The fourth-order valence-corrected chi connectivity index (χ4v) is 3.29. The Hall–Kier alpha value is -2.43. The number of nitrogens with one attached hydrogen (secondary N) is 1. The van der Waals surface area contributed by atoms with Crippen molar-refractivity contribution in [3.05, 3.63) is 75.6 Å². The lowest BCUT2D eigenvalue weighted by Crippen LogP contribution is -2.07. The van der Waals surface area contributed by atoms with Gasteiger partial charge in [0.1, 0.15) is 0 Å². The number of benzene rings is 2. The number of thiazole rings is 1. The fourth-order valence-electron chi connectivity index (χ4n) is 2.32. The maximum absolute atomic E-state index is 12.1. The molecule has 0 unspecified atom stereocenters. The van der Waals surface area contributed by atoms with Crippen LogP contribution in [0.15, 0.2) is 54.6 Å². The molecule has 0 aliphatic rings. The molecule has 1 amide bonds. The van der Waals surface area contributed by atoms with Gasteiger partial charge in [-0.3, -0.25) is 10.1 Å². The van der Waals surface area contributed by atoms with Crippen molar-refractivity contribution in [3.63, 3.8) is 0 Å². The predicted octanol–water partition coefficient (Wildman–Crippen LogP) is 5.73. The Kier molecular flexibility index (Phi) is 5.31. The summed E-state index contributed by atoms with van der Waals surface area (Å²) in [5.41, 5.74) is 4.01. The fraction of sp³-hybridized carbons (Fsp3) is 0.100. The molecule has 25 heavy (non-hydrogen) atoms. The Morgan fingerprint density at radius 2 is 1.76 bits per heavy atom. The van der Waals surface area contributed by atoms with Gasteiger partial charge < -0.3 is 0 Å². The Bertz CT molecular complexity index is 912. The van der Waals surface area contributed by atoms with Crippen LogP contribution in [0.3, 0.4) is 0 Å². The Morgan fingerprint density at radius 1 is 1.08 bits per heavy atom. The summed E-state index contributed by atoms with van der Waals surface area (Å²) in [6.07, 6.45) is 3.30. The van der Waals surface area contributed by atoms with Crippen LogP contribution in [0, 0.1) is 13.8 Å². The smallest absolute Gasteiger partial charge is 0.250 e. The number of halogens is 1. The summed E-state index contributed by atoms with van der Waals surface area (Å²) in [4.78, 5) is 17.7. The molecule has 0 atom stereocenters. The van der Waals surface area contributed by atoms with Crippen molar-refractivity contribution in [1.82, 2.24) is 4.98 Å². The van der Waals surface area contributed by atoms with Crippen molar-refractivity contribution in [2.45, 2.75) is 13.8 Å². The summed E-state index contributed by atoms with van der Waals surface area (Å²) in [6, 6.07) is 15.5. The van der Waals surface area contributed by atoms with Gasteiger partial charge in [-0.1, -0.05) is 53.6 Å². The minimum absolute atomic E-state index is 0.197. The van der Waals surface area contributed by atoms with Crippen molar-refractivity contribution in [2.75, 3.05) is 5.32 Å². The molecule has 3 nitrogen and oxygen atoms in total. The van der Waals surface area contributed by atoms with Crippen molar-refractivity contribution < 1.29 is 4.79 Å². The normalized spacial score (nSPS) is 11.0. The first-order chi connectivity index (χ1) is 12.0. The summed E-state index contributed by atoms with van der Waals surface area (Å²) in [5, 5.41) is 4.09. The minimum atomic E-state index is -0.197. The molecular formula is C20H17ClN2OS. The average molecular weight is 369 g/mol.